The molecule has 0 bridgehead atoms. The van der Waals surface area contributed by atoms with Crippen molar-refractivity contribution in [1.82, 2.24) is 4.90 Å². The third-order valence-electron chi connectivity index (χ3n) is 4.25. The van der Waals surface area contributed by atoms with E-state index in [9.17, 15) is 4.79 Å². The molecule has 1 aliphatic heterocycles. The summed E-state index contributed by atoms with van der Waals surface area (Å²) < 4.78 is 0. The Morgan fingerprint density at radius 2 is 1.89 bits per heavy atom. The van der Waals surface area contributed by atoms with Gasteiger partial charge in [0.25, 0.3) is 0 Å². The summed E-state index contributed by atoms with van der Waals surface area (Å²) >= 11 is 0. The Kier molecular flexibility index (Phi) is 6.69. The summed E-state index contributed by atoms with van der Waals surface area (Å²) in [5.74, 6) is 1.11. The van der Waals surface area contributed by atoms with E-state index in [4.69, 9.17) is 5.73 Å². The van der Waals surface area contributed by atoms with E-state index in [2.05, 4.69) is 25.7 Å². The van der Waals surface area contributed by atoms with Gasteiger partial charge in [-0.3, -0.25) is 4.79 Å². The van der Waals surface area contributed by atoms with Gasteiger partial charge in [0.1, 0.15) is 0 Å². The maximum absolute atomic E-state index is 12.5. The molecule has 1 heterocycles. The van der Waals surface area contributed by atoms with Gasteiger partial charge in [-0.05, 0) is 25.2 Å². The lowest BCUT2D eigenvalue weighted by Crippen LogP contribution is -2.50. The fourth-order valence-corrected chi connectivity index (χ4v) is 3.03. The molecular formula is C15H30N2O. The Hall–Kier alpha value is -0.570. The molecule has 3 nitrogen and oxygen atoms in total. The largest absolute Gasteiger partial charge is 0.342 e. The molecule has 0 radical (unpaired) electrons. The predicted molar refractivity (Wildman–Crippen MR) is 76.3 cm³/mol. The van der Waals surface area contributed by atoms with Gasteiger partial charge < -0.3 is 10.6 Å². The van der Waals surface area contributed by atoms with E-state index in [0.29, 0.717) is 11.8 Å². The Bertz CT molecular complexity index is 249. The second-order valence-electron chi connectivity index (χ2n) is 5.68. The van der Waals surface area contributed by atoms with Gasteiger partial charge in [0.05, 0.1) is 0 Å². The Labute approximate surface area is 112 Å². The van der Waals surface area contributed by atoms with Crippen molar-refractivity contribution in [3.63, 3.8) is 0 Å². The van der Waals surface area contributed by atoms with Crippen LogP contribution in [0.1, 0.15) is 59.3 Å². The second-order valence-corrected chi connectivity index (χ2v) is 5.68. The first kappa shape index (κ1) is 15.5. The molecule has 1 saturated heterocycles. The van der Waals surface area contributed by atoms with Crippen molar-refractivity contribution in [1.29, 1.82) is 0 Å². The molecule has 0 aromatic rings. The molecule has 1 amide bonds. The van der Waals surface area contributed by atoms with Gasteiger partial charge in [-0.15, -0.1) is 0 Å². The third-order valence-corrected chi connectivity index (χ3v) is 4.25. The zero-order chi connectivity index (χ0) is 13.5. The van der Waals surface area contributed by atoms with Crippen LogP contribution in [0.2, 0.25) is 0 Å². The molecule has 1 aliphatic rings. The monoisotopic (exact) mass is 254 g/mol. The van der Waals surface area contributed by atoms with Crippen molar-refractivity contribution in [2.75, 3.05) is 13.1 Å². The van der Waals surface area contributed by atoms with Crippen molar-refractivity contribution >= 4 is 5.91 Å². The summed E-state index contributed by atoms with van der Waals surface area (Å²) in [5, 5.41) is 0. The number of rotatable bonds is 6. The van der Waals surface area contributed by atoms with Gasteiger partial charge in [-0.25, -0.2) is 0 Å². The van der Waals surface area contributed by atoms with E-state index in [1.165, 1.54) is 0 Å². The van der Waals surface area contributed by atoms with Gasteiger partial charge in [0, 0.05) is 25.0 Å². The highest BCUT2D eigenvalue weighted by atomic mass is 16.2. The summed E-state index contributed by atoms with van der Waals surface area (Å²) in [4.78, 5) is 14.6. The van der Waals surface area contributed by atoms with Crippen LogP contribution < -0.4 is 5.73 Å². The smallest absolute Gasteiger partial charge is 0.225 e. The van der Waals surface area contributed by atoms with Gasteiger partial charge in [0.2, 0.25) is 5.91 Å². The van der Waals surface area contributed by atoms with Crippen LogP contribution in [-0.4, -0.2) is 29.9 Å². The number of likely N-dealkylation sites (tertiary alicyclic amines) is 1. The first-order valence-electron chi connectivity index (χ1n) is 7.68. The van der Waals surface area contributed by atoms with E-state index >= 15 is 0 Å². The SMILES string of the molecule is CCCC(CCC)C(=O)N1CCC(N)C(CC)C1. The Balaban J connectivity index is 2.58. The summed E-state index contributed by atoms with van der Waals surface area (Å²) in [7, 11) is 0. The van der Waals surface area contributed by atoms with Crippen molar-refractivity contribution in [3.8, 4) is 0 Å². The molecule has 3 heteroatoms. The lowest BCUT2D eigenvalue weighted by molar-refractivity contribution is -0.138. The van der Waals surface area contributed by atoms with E-state index in [1.54, 1.807) is 0 Å². The molecule has 18 heavy (non-hydrogen) atoms. The lowest BCUT2D eigenvalue weighted by atomic mass is 9.89. The van der Waals surface area contributed by atoms with Crippen LogP contribution in [-0.2, 0) is 4.79 Å². The predicted octanol–water partition coefficient (Wildman–Crippen LogP) is 2.79. The van der Waals surface area contributed by atoms with Crippen LogP contribution in [0, 0.1) is 11.8 Å². The fourth-order valence-electron chi connectivity index (χ4n) is 3.03. The van der Waals surface area contributed by atoms with E-state index in [-0.39, 0.29) is 12.0 Å². The summed E-state index contributed by atoms with van der Waals surface area (Å²) in [6.07, 6.45) is 6.31. The third kappa shape index (κ3) is 3.98. The topological polar surface area (TPSA) is 46.3 Å². The van der Waals surface area contributed by atoms with Crippen molar-refractivity contribution in [2.45, 2.75) is 65.3 Å². The maximum atomic E-state index is 12.5. The molecule has 106 valence electrons. The summed E-state index contributed by atoms with van der Waals surface area (Å²) in [6.45, 7) is 8.24. The number of hydrogen-bond donors (Lipinski definition) is 1. The van der Waals surface area contributed by atoms with Crippen molar-refractivity contribution < 1.29 is 4.79 Å². The zero-order valence-corrected chi connectivity index (χ0v) is 12.3. The number of amides is 1. The molecule has 2 unspecified atom stereocenters. The summed E-state index contributed by atoms with van der Waals surface area (Å²) in [6, 6.07) is 0.287. The zero-order valence-electron chi connectivity index (χ0n) is 12.3. The highest BCUT2D eigenvalue weighted by Crippen LogP contribution is 2.23. The standard InChI is InChI=1S/C15H30N2O/c1-4-7-13(8-5-2)15(18)17-10-9-14(16)12(6-3)11-17/h12-14H,4-11,16H2,1-3H3. The van der Waals surface area contributed by atoms with Gasteiger partial charge >= 0.3 is 0 Å². The van der Waals surface area contributed by atoms with Crippen LogP contribution in [0.25, 0.3) is 0 Å². The lowest BCUT2D eigenvalue weighted by Gasteiger charge is -2.38. The van der Waals surface area contributed by atoms with E-state index in [0.717, 1.165) is 51.6 Å². The Morgan fingerprint density at radius 3 is 2.39 bits per heavy atom. The number of nitrogens with two attached hydrogens (primary N) is 1. The van der Waals surface area contributed by atoms with E-state index in [1.807, 2.05) is 0 Å². The first-order valence-corrected chi connectivity index (χ1v) is 7.68. The second kappa shape index (κ2) is 7.78. The first-order chi connectivity index (χ1) is 8.63. The van der Waals surface area contributed by atoms with Gasteiger partial charge in [-0.2, -0.15) is 0 Å². The highest BCUT2D eigenvalue weighted by molar-refractivity contribution is 5.79. The minimum Gasteiger partial charge on any atom is -0.342 e. The van der Waals surface area contributed by atoms with E-state index < -0.39 is 0 Å². The van der Waals surface area contributed by atoms with Crippen molar-refractivity contribution in [3.05, 3.63) is 0 Å². The minimum atomic E-state index is 0.242. The van der Waals surface area contributed by atoms with Crippen LogP contribution in [0.4, 0.5) is 0 Å². The number of hydrogen-bond acceptors (Lipinski definition) is 2. The number of carbonyl (C=O) groups excluding carboxylic acids is 1. The van der Waals surface area contributed by atoms with Gasteiger partial charge in [-0.1, -0.05) is 40.0 Å². The molecule has 1 rings (SSSR count). The number of piperidine rings is 1. The molecule has 1 fully saturated rings. The summed E-state index contributed by atoms with van der Waals surface area (Å²) in [5.41, 5.74) is 6.11. The average Bonchev–Trinajstić information content (AvgIpc) is 2.38. The molecule has 0 aliphatic carbocycles. The molecule has 0 saturated carbocycles. The molecule has 2 atom stereocenters. The maximum Gasteiger partial charge on any atom is 0.225 e. The minimum absolute atomic E-state index is 0.242. The molecule has 2 N–H and O–H groups in total. The van der Waals surface area contributed by atoms with Crippen molar-refractivity contribution in [2.24, 2.45) is 17.6 Å². The Morgan fingerprint density at radius 1 is 1.28 bits per heavy atom. The fraction of sp³-hybridized carbons (Fsp3) is 0.933. The van der Waals surface area contributed by atoms with Crippen LogP contribution in [0.3, 0.4) is 0 Å². The van der Waals surface area contributed by atoms with Crippen LogP contribution in [0.5, 0.6) is 0 Å². The highest BCUT2D eigenvalue weighted by Gasteiger charge is 2.30. The normalized spacial score (nSPS) is 24.6. The van der Waals surface area contributed by atoms with Crippen LogP contribution >= 0.6 is 0 Å². The molecule has 0 spiro atoms. The number of nitrogens with zero attached hydrogens (tertiary/aromatic N) is 1. The molecular weight excluding hydrogens is 224 g/mol. The molecule has 0 aromatic heterocycles. The molecule has 0 aromatic carbocycles. The number of carbonyl (C=O) groups is 1. The van der Waals surface area contributed by atoms with Gasteiger partial charge in [0.15, 0.2) is 0 Å². The van der Waals surface area contributed by atoms with Crippen LogP contribution in [0.15, 0.2) is 0 Å². The quantitative estimate of drug-likeness (QED) is 0.792. The average molecular weight is 254 g/mol.